The van der Waals surface area contributed by atoms with Crippen LogP contribution in [0.15, 0.2) is 48.5 Å². The van der Waals surface area contributed by atoms with Gasteiger partial charge in [-0.15, -0.1) is 0 Å². The van der Waals surface area contributed by atoms with E-state index in [4.69, 9.17) is 9.47 Å². The van der Waals surface area contributed by atoms with Gasteiger partial charge in [0.15, 0.2) is 0 Å². The minimum atomic E-state index is -0.642. The Morgan fingerprint density at radius 2 is 1.14 bits per heavy atom. The van der Waals surface area contributed by atoms with E-state index in [0.717, 1.165) is 49.7 Å². The molecule has 192 valence electrons. The van der Waals surface area contributed by atoms with Crippen LogP contribution >= 0.6 is 0 Å². The zero-order chi connectivity index (χ0) is 25.9. The molecule has 0 spiro atoms. The van der Waals surface area contributed by atoms with E-state index >= 15 is 0 Å². The highest BCUT2D eigenvalue weighted by Gasteiger charge is 2.36. The van der Waals surface area contributed by atoms with Crippen LogP contribution in [-0.2, 0) is 29.9 Å². The Morgan fingerprint density at radius 1 is 0.714 bits per heavy atom. The van der Waals surface area contributed by atoms with Crippen molar-refractivity contribution in [1.82, 2.24) is 0 Å². The maximum Gasteiger partial charge on any atom is 0.316 e. The maximum absolute atomic E-state index is 12.8. The number of benzene rings is 2. The number of esters is 1. The van der Waals surface area contributed by atoms with Crippen molar-refractivity contribution < 1.29 is 19.1 Å². The molecule has 0 saturated heterocycles. The van der Waals surface area contributed by atoms with Gasteiger partial charge in [-0.1, -0.05) is 59.7 Å². The molecule has 0 aromatic heterocycles. The van der Waals surface area contributed by atoms with Crippen LogP contribution in [0.2, 0.25) is 0 Å². The summed E-state index contributed by atoms with van der Waals surface area (Å²) < 4.78 is 11.3. The van der Waals surface area contributed by atoms with Gasteiger partial charge in [-0.2, -0.15) is 0 Å². The molecule has 0 bridgehead atoms. The molecule has 35 heavy (non-hydrogen) atoms. The summed E-state index contributed by atoms with van der Waals surface area (Å²) in [5, 5.41) is 0. The average molecular weight is 481 g/mol. The number of unbranched alkanes of at least 4 members (excludes halogenated alkanes) is 2. The largest absolute Gasteiger partial charge is 0.465 e. The molecule has 0 N–H and O–H groups in total. The van der Waals surface area contributed by atoms with Crippen LogP contribution < -0.4 is 0 Å². The summed E-state index contributed by atoms with van der Waals surface area (Å²) in [7, 11) is 0. The zero-order valence-corrected chi connectivity index (χ0v) is 22.6. The fourth-order valence-corrected chi connectivity index (χ4v) is 4.49. The van der Waals surface area contributed by atoms with E-state index in [2.05, 4.69) is 38.1 Å². The van der Waals surface area contributed by atoms with Gasteiger partial charge >= 0.3 is 5.97 Å². The number of rotatable bonds is 15. The number of hydrogen-bond donors (Lipinski definition) is 0. The second-order valence-electron chi connectivity index (χ2n) is 10.2. The Hall–Kier alpha value is -2.46. The van der Waals surface area contributed by atoms with Crippen molar-refractivity contribution in [3.8, 4) is 0 Å². The van der Waals surface area contributed by atoms with Crippen molar-refractivity contribution in [1.29, 1.82) is 0 Å². The molecule has 0 saturated carbocycles. The first-order chi connectivity index (χ1) is 16.6. The van der Waals surface area contributed by atoms with Crippen molar-refractivity contribution in [3.05, 3.63) is 70.8 Å². The highest BCUT2D eigenvalue weighted by Crippen LogP contribution is 2.32. The van der Waals surface area contributed by atoms with Gasteiger partial charge in [-0.05, 0) is 91.2 Å². The lowest BCUT2D eigenvalue weighted by Crippen LogP contribution is -2.34. The third-order valence-corrected chi connectivity index (χ3v) is 7.31. The standard InChI is InChI=1S/C31H44O4/c1-7-35-29(33)31(6,28-18-14-25(3)15-19-28)21-9-11-23-34-22-10-8-20-30(5,26(4)32)27-16-12-24(2)13-17-27/h12-19H,7-11,20-23H2,1-6H3. The van der Waals surface area contributed by atoms with Gasteiger partial charge in [0.25, 0.3) is 0 Å². The van der Waals surface area contributed by atoms with Gasteiger partial charge in [0.2, 0.25) is 0 Å². The lowest BCUT2D eigenvalue weighted by molar-refractivity contribution is -0.150. The number of aryl methyl sites for hydroxylation is 2. The summed E-state index contributed by atoms with van der Waals surface area (Å²) in [5.41, 5.74) is 3.39. The first-order valence-corrected chi connectivity index (χ1v) is 13.0. The van der Waals surface area contributed by atoms with Gasteiger partial charge in [0.1, 0.15) is 5.78 Å². The van der Waals surface area contributed by atoms with Gasteiger partial charge < -0.3 is 9.47 Å². The molecule has 0 aliphatic carbocycles. The number of Topliss-reactive ketones (excluding diaryl/α,β-unsaturated/α-hetero) is 1. The van der Waals surface area contributed by atoms with Crippen LogP contribution in [0.1, 0.15) is 88.5 Å². The van der Waals surface area contributed by atoms with E-state index in [1.807, 2.05) is 45.0 Å². The quantitative estimate of drug-likeness (QED) is 0.203. The number of carbonyl (C=O) groups excluding carboxylic acids is 2. The summed E-state index contributed by atoms with van der Waals surface area (Å²) in [6.45, 7) is 13.4. The third kappa shape index (κ3) is 8.03. The molecule has 0 fully saturated rings. The lowest BCUT2D eigenvalue weighted by atomic mass is 9.75. The molecular formula is C31H44O4. The summed E-state index contributed by atoms with van der Waals surface area (Å²) in [4.78, 5) is 25.2. The van der Waals surface area contributed by atoms with Crippen molar-refractivity contribution >= 4 is 11.8 Å². The second-order valence-corrected chi connectivity index (χ2v) is 10.2. The van der Waals surface area contributed by atoms with E-state index in [0.29, 0.717) is 19.8 Å². The number of carbonyl (C=O) groups is 2. The van der Waals surface area contributed by atoms with E-state index in [1.165, 1.54) is 11.1 Å². The van der Waals surface area contributed by atoms with Crippen LogP contribution in [0.25, 0.3) is 0 Å². The predicted molar refractivity (Wildman–Crippen MR) is 143 cm³/mol. The molecule has 0 aliphatic heterocycles. The van der Waals surface area contributed by atoms with E-state index in [1.54, 1.807) is 6.92 Å². The van der Waals surface area contributed by atoms with Crippen LogP contribution in [0.3, 0.4) is 0 Å². The van der Waals surface area contributed by atoms with Crippen LogP contribution in [0, 0.1) is 13.8 Å². The smallest absolute Gasteiger partial charge is 0.316 e. The van der Waals surface area contributed by atoms with Crippen molar-refractivity contribution in [3.63, 3.8) is 0 Å². The minimum absolute atomic E-state index is 0.160. The molecule has 2 aromatic rings. The van der Waals surface area contributed by atoms with Gasteiger partial charge in [0.05, 0.1) is 17.4 Å². The van der Waals surface area contributed by atoms with Crippen molar-refractivity contribution in [2.45, 2.75) is 90.9 Å². The fraction of sp³-hybridized carbons (Fsp3) is 0.548. The Bertz CT molecular complexity index is 931. The first-order valence-electron chi connectivity index (χ1n) is 13.0. The second kappa shape index (κ2) is 13.6. The summed E-state index contributed by atoms with van der Waals surface area (Å²) in [5.74, 6) is 0.0485. The highest BCUT2D eigenvalue weighted by molar-refractivity contribution is 5.87. The zero-order valence-electron chi connectivity index (χ0n) is 22.6. The number of hydrogen-bond acceptors (Lipinski definition) is 4. The Morgan fingerprint density at radius 3 is 1.57 bits per heavy atom. The van der Waals surface area contributed by atoms with Crippen molar-refractivity contribution in [2.24, 2.45) is 0 Å². The van der Waals surface area contributed by atoms with Crippen LogP contribution in [-0.4, -0.2) is 31.6 Å². The molecular weight excluding hydrogens is 436 g/mol. The lowest BCUT2D eigenvalue weighted by Gasteiger charge is -2.28. The molecule has 0 aliphatic rings. The number of ether oxygens (including phenoxy) is 2. The maximum atomic E-state index is 12.8. The number of ketones is 1. The first kappa shape index (κ1) is 28.8. The molecule has 4 heteroatoms. The Kier molecular flexibility index (Phi) is 11.2. The normalized spacial score (nSPS) is 14.7. The highest BCUT2D eigenvalue weighted by atomic mass is 16.5. The third-order valence-electron chi connectivity index (χ3n) is 7.31. The molecule has 2 rings (SSSR count). The summed E-state index contributed by atoms with van der Waals surface area (Å²) in [6.07, 6.45) is 5.21. The molecule has 2 atom stereocenters. The molecule has 0 radical (unpaired) electrons. The van der Waals surface area contributed by atoms with Crippen molar-refractivity contribution in [2.75, 3.05) is 19.8 Å². The van der Waals surface area contributed by atoms with Gasteiger partial charge in [-0.25, -0.2) is 0 Å². The van der Waals surface area contributed by atoms with Crippen LogP contribution in [0.4, 0.5) is 0 Å². The minimum Gasteiger partial charge on any atom is -0.465 e. The Balaban J connectivity index is 1.75. The molecule has 0 amide bonds. The monoisotopic (exact) mass is 480 g/mol. The van der Waals surface area contributed by atoms with E-state index in [9.17, 15) is 9.59 Å². The molecule has 2 unspecified atom stereocenters. The topological polar surface area (TPSA) is 52.6 Å². The molecule has 4 nitrogen and oxygen atoms in total. The Labute approximate surface area is 212 Å². The average Bonchev–Trinajstić information content (AvgIpc) is 2.83. The van der Waals surface area contributed by atoms with Gasteiger partial charge in [-0.3, -0.25) is 9.59 Å². The SMILES string of the molecule is CCOC(=O)C(C)(CCCCOCCCCC(C)(C(C)=O)c1ccc(C)cc1)c1ccc(C)cc1. The predicted octanol–water partition coefficient (Wildman–Crippen LogP) is 7.03. The van der Waals surface area contributed by atoms with E-state index < -0.39 is 10.8 Å². The molecule has 0 heterocycles. The summed E-state index contributed by atoms with van der Waals surface area (Å²) >= 11 is 0. The fourth-order valence-electron chi connectivity index (χ4n) is 4.49. The van der Waals surface area contributed by atoms with Gasteiger partial charge in [0, 0.05) is 13.2 Å². The van der Waals surface area contributed by atoms with E-state index in [-0.39, 0.29) is 11.8 Å². The molecule has 2 aromatic carbocycles. The van der Waals surface area contributed by atoms with Crippen LogP contribution in [0.5, 0.6) is 0 Å². The summed E-state index contributed by atoms with van der Waals surface area (Å²) in [6, 6.07) is 16.5.